The van der Waals surface area contributed by atoms with E-state index >= 15 is 0 Å². The molecule has 1 unspecified atom stereocenters. The second-order valence-electron chi connectivity index (χ2n) is 7.07. The van der Waals surface area contributed by atoms with Crippen LogP contribution in [0.3, 0.4) is 0 Å². The van der Waals surface area contributed by atoms with E-state index in [-0.39, 0.29) is 17.7 Å². The summed E-state index contributed by atoms with van der Waals surface area (Å²) in [6.07, 6.45) is 5.67. The lowest BCUT2D eigenvalue weighted by Crippen LogP contribution is -2.35. The number of ether oxygens (including phenoxy) is 1. The number of anilines is 2. The number of carbonyl (C=O) groups is 1. The summed E-state index contributed by atoms with van der Waals surface area (Å²) in [4.78, 5) is 23.5. The van der Waals surface area contributed by atoms with Gasteiger partial charge in [0.1, 0.15) is 17.3 Å². The molecule has 1 saturated heterocycles. The van der Waals surface area contributed by atoms with Gasteiger partial charge in [-0.05, 0) is 44.7 Å². The Morgan fingerprint density at radius 3 is 2.77 bits per heavy atom. The quantitative estimate of drug-likeness (QED) is 0.886. The summed E-state index contributed by atoms with van der Waals surface area (Å²) in [6, 6.07) is 7.38. The van der Waals surface area contributed by atoms with Crippen LogP contribution in [0, 0.1) is 5.92 Å². The number of nitrogens with one attached hydrogen (secondary N) is 1. The Morgan fingerprint density at radius 1 is 1.27 bits per heavy atom. The number of hydrogen-bond acceptors (Lipinski definition) is 5. The molecule has 2 heterocycles. The fraction of sp³-hybridized carbons (Fsp3) is 0.450. The molecule has 1 amide bonds. The Balaban J connectivity index is 1.69. The van der Waals surface area contributed by atoms with Crippen molar-refractivity contribution in [3.8, 4) is 5.75 Å². The third kappa shape index (κ3) is 4.50. The molecule has 0 bridgehead atoms. The molecule has 0 radical (unpaired) electrons. The summed E-state index contributed by atoms with van der Waals surface area (Å²) in [5.74, 6) is 1.83. The zero-order chi connectivity index (χ0) is 18.5. The van der Waals surface area contributed by atoms with E-state index in [1.165, 1.54) is 12.6 Å². The molecule has 0 aliphatic carbocycles. The smallest absolute Gasteiger partial charge is 0.275 e. The van der Waals surface area contributed by atoms with E-state index < -0.39 is 0 Å². The molecule has 1 N–H and O–H groups in total. The topological polar surface area (TPSA) is 67.4 Å². The van der Waals surface area contributed by atoms with E-state index in [0.29, 0.717) is 17.4 Å². The number of nitrogens with zero attached hydrogens (tertiary/aromatic N) is 3. The molecule has 1 aromatic carbocycles. The summed E-state index contributed by atoms with van der Waals surface area (Å²) in [5, 5.41) is 2.86. The van der Waals surface area contributed by atoms with Crippen LogP contribution in [-0.4, -0.2) is 35.1 Å². The molecule has 138 valence electrons. The Kier molecular flexibility index (Phi) is 5.71. The third-order valence-corrected chi connectivity index (χ3v) is 4.35. The molecule has 6 heteroatoms. The molecule has 1 aromatic heterocycles. The molecule has 1 fully saturated rings. The van der Waals surface area contributed by atoms with Crippen LogP contribution in [0.5, 0.6) is 5.75 Å². The van der Waals surface area contributed by atoms with E-state index in [4.69, 9.17) is 4.74 Å². The fourth-order valence-electron chi connectivity index (χ4n) is 3.11. The number of rotatable bonds is 5. The van der Waals surface area contributed by atoms with E-state index in [2.05, 4.69) is 27.1 Å². The first-order valence-electron chi connectivity index (χ1n) is 9.17. The highest BCUT2D eigenvalue weighted by atomic mass is 16.5. The molecular formula is C20H26N4O2. The Bertz CT molecular complexity index is 746. The van der Waals surface area contributed by atoms with E-state index in [1.807, 2.05) is 38.1 Å². The normalized spacial score (nSPS) is 17.2. The predicted octanol–water partition coefficient (Wildman–Crippen LogP) is 3.75. The van der Waals surface area contributed by atoms with Gasteiger partial charge in [0.05, 0.1) is 24.2 Å². The molecule has 1 aliphatic rings. The van der Waals surface area contributed by atoms with Gasteiger partial charge < -0.3 is 15.0 Å². The van der Waals surface area contributed by atoms with Crippen LogP contribution in [0.15, 0.2) is 36.7 Å². The largest absolute Gasteiger partial charge is 0.489 e. The van der Waals surface area contributed by atoms with Crippen LogP contribution in [-0.2, 0) is 0 Å². The van der Waals surface area contributed by atoms with Gasteiger partial charge in [-0.1, -0.05) is 19.1 Å². The van der Waals surface area contributed by atoms with Crippen molar-refractivity contribution in [3.05, 3.63) is 42.4 Å². The molecule has 3 rings (SSSR count). The molecule has 1 atom stereocenters. The van der Waals surface area contributed by atoms with E-state index in [0.717, 1.165) is 25.3 Å². The third-order valence-electron chi connectivity index (χ3n) is 4.35. The van der Waals surface area contributed by atoms with Gasteiger partial charge in [0.15, 0.2) is 0 Å². The van der Waals surface area contributed by atoms with Crippen LogP contribution < -0.4 is 15.0 Å². The number of para-hydroxylation sites is 2. The van der Waals surface area contributed by atoms with Gasteiger partial charge in [0.25, 0.3) is 5.91 Å². The van der Waals surface area contributed by atoms with Crippen molar-refractivity contribution < 1.29 is 9.53 Å². The molecule has 0 spiro atoms. The maximum absolute atomic E-state index is 12.5. The van der Waals surface area contributed by atoms with Gasteiger partial charge in [-0.15, -0.1) is 0 Å². The monoisotopic (exact) mass is 354 g/mol. The number of benzene rings is 1. The van der Waals surface area contributed by atoms with Gasteiger partial charge in [0.2, 0.25) is 0 Å². The van der Waals surface area contributed by atoms with Gasteiger partial charge in [-0.25, -0.2) is 9.97 Å². The molecule has 1 aliphatic heterocycles. The molecule has 0 saturated carbocycles. The highest BCUT2D eigenvalue weighted by Gasteiger charge is 2.19. The standard InChI is InChI=1S/C20H26N4O2/c1-14(2)26-18-9-5-4-8-16(18)23-20(25)17-11-22-19(12-21-17)24-10-6-7-15(3)13-24/h4-5,8-9,11-12,14-15H,6-7,10,13H2,1-3H3,(H,23,25). The van der Waals surface area contributed by atoms with Crippen molar-refractivity contribution in [3.63, 3.8) is 0 Å². The van der Waals surface area contributed by atoms with Crippen molar-refractivity contribution in [2.45, 2.75) is 39.7 Å². The van der Waals surface area contributed by atoms with E-state index in [1.54, 1.807) is 6.20 Å². The minimum atomic E-state index is -0.295. The number of amides is 1. The maximum Gasteiger partial charge on any atom is 0.275 e. The SMILES string of the molecule is CC1CCCN(c2cnc(C(=O)Nc3ccccc3OC(C)C)cn2)C1. The lowest BCUT2D eigenvalue weighted by Gasteiger charge is -2.31. The van der Waals surface area contributed by atoms with Gasteiger partial charge >= 0.3 is 0 Å². The average Bonchev–Trinajstić information content (AvgIpc) is 2.63. The molecular weight excluding hydrogens is 328 g/mol. The summed E-state index contributed by atoms with van der Waals surface area (Å²) in [7, 11) is 0. The molecule has 2 aromatic rings. The minimum Gasteiger partial charge on any atom is -0.489 e. The lowest BCUT2D eigenvalue weighted by atomic mass is 10.0. The van der Waals surface area contributed by atoms with Crippen molar-refractivity contribution >= 4 is 17.4 Å². The van der Waals surface area contributed by atoms with Crippen LogP contribution >= 0.6 is 0 Å². The maximum atomic E-state index is 12.5. The highest BCUT2D eigenvalue weighted by molar-refractivity contribution is 6.03. The predicted molar refractivity (Wildman–Crippen MR) is 103 cm³/mol. The second-order valence-corrected chi connectivity index (χ2v) is 7.07. The first-order chi connectivity index (χ1) is 12.5. The van der Waals surface area contributed by atoms with Crippen LogP contribution in [0.2, 0.25) is 0 Å². The second kappa shape index (κ2) is 8.17. The Labute approximate surface area is 154 Å². The number of hydrogen-bond donors (Lipinski definition) is 1. The highest BCUT2D eigenvalue weighted by Crippen LogP contribution is 2.25. The van der Waals surface area contributed by atoms with Gasteiger partial charge in [-0.3, -0.25) is 4.79 Å². The van der Waals surface area contributed by atoms with E-state index in [9.17, 15) is 4.79 Å². The van der Waals surface area contributed by atoms with Crippen molar-refractivity contribution in [2.75, 3.05) is 23.3 Å². The molecule has 26 heavy (non-hydrogen) atoms. The Hall–Kier alpha value is -2.63. The van der Waals surface area contributed by atoms with Crippen LogP contribution in [0.4, 0.5) is 11.5 Å². The summed E-state index contributed by atoms with van der Waals surface area (Å²) >= 11 is 0. The zero-order valence-electron chi connectivity index (χ0n) is 15.6. The first-order valence-corrected chi connectivity index (χ1v) is 9.17. The Morgan fingerprint density at radius 2 is 2.08 bits per heavy atom. The minimum absolute atomic E-state index is 0.0269. The van der Waals surface area contributed by atoms with Gasteiger partial charge in [-0.2, -0.15) is 0 Å². The number of piperidine rings is 1. The zero-order valence-corrected chi connectivity index (χ0v) is 15.6. The summed E-state index contributed by atoms with van der Waals surface area (Å²) in [5.41, 5.74) is 0.917. The first kappa shape index (κ1) is 18.2. The van der Waals surface area contributed by atoms with Crippen molar-refractivity contribution in [2.24, 2.45) is 5.92 Å². The van der Waals surface area contributed by atoms with Crippen molar-refractivity contribution in [1.29, 1.82) is 0 Å². The average molecular weight is 354 g/mol. The van der Waals surface area contributed by atoms with Crippen LogP contribution in [0.1, 0.15) is 44.1 Å². The summed E-state index contributed by atoms with van der Waals surface area (Å²) in [6.45, 7) is 8.12. The molecule has 6 nitrogen and oxygen atoms in total. The fourth-order valence-corrected chi connectivity index (χ4v) is 3.11. The van der Waals surface area contributed by atoms with Crippen LogP contribution in [0.25, 0.3) is 0 Å². The van der Waals surface area contributed by atoms with Gasteiger partial charge in [0, 0.05) is 13.1 Å². The lowest BCUT2D eigenvalue weighted by molar-refractivity contribution is 0.102. The van der Waals surface area contributed by atoms with Crippen molar-refractivity contribution in [1.82, 2.24) is 9.97 Å². The summed E-state index contributed by atoms with van der Waals surface area (Å²) < 4.78 is 5.73. The number of aromatic nitrogens is 2. The number of carbonyl (C=O) groups excluding carboxylic acids is 1.